The molecule has 2 rings (SSSR count). The van der Waals surface area contributed by atoms with Crippen LogP contribution in [0.3, 0.4) is 0 Å². The molecule has 7 heteroatoms. The van der Waals surface area contributed by atoms with E-state index >= 15 is 0 Å². The average Bonchev–Trinajstić information content (AvgIpc) is 2.63. The van der Waals surface area contributed by atoms with E-state index in [-0.39, 0.29) is 0 Å². The molecule has 0 aromatic rings. The van der Waals surface area contributed by atoms with Gasteiger partial charge in [-0.25, -0.2) is 4.21 Å². The van der Waals surface area contributed by atoms with E-state index < -0.39 is 11.0 Å². The molecule has 0 bridgehead atoms. The molecule has 1 N–H and O–H groups in total. The van der Waals surface area contributed by atoms with Crippen molar-refractivity contribution in [2.24, 2.45) is 14.6 Å². The van der Waals surface area contributed by atoms with Crippen molar-refractivity contribution in [3.8, 4) is 0 Å². The van der Waals surface area contributed by atoms with E-state index in [1.807, 2.05) is 0 Å². The number of rotatable bonds is 1. The van der Waals surface area contributed by atoms with Gasteiger partial charge in [0.05, 0.1) is 12.0 Å². The summed E-state index contributed by atoms with van der Waals surface area (Å²) in [6.07, 6.45) is 0. The highest BCUT2D eigenvalue weighted by atomic mass is 32.2. The van der Waals surface area contributed by atoms with Gasteiger partial charge in [-0.15, -0.1) is 5.11 Å². The van der Waals surface area contributed by atoms with E-state index in [1.54, 1.807) is 11.8 Å². The molecule has 2 aliphatic rings. The smallest absolute Gasteiger partial charge is 0.188 e. The summed E-state index contributed by atoms with van der Waals surface area (Å²) in [5.74, 6) is 1.53. The fourth-order valence-corrected chi connectivity index (χ4v) is 2.05. The first kappa shape index (κ1) is 7.93. The van der Waals surface area contributed by atoms with Crippen molar-refractivity contribution in [1.29, 1.82) is 0 Å². The molecule has 5 nitrogen and oxygen atoms in total. The van der Waals surface area contributed by atoms with Crippen LogP contribution in [0.4, 0.5) is 0 Å². The third-order valence-corrected chi connectivity index (χ3v) is 2.82. The van der Waals surface area contributed by atoms with E-state index in [4.69, 9.17) is 0 Å². The molecular formula is C5H6N4OS2. The van der Waals surface area contributed by atoms with Crippen LogP contribution in [0, 0.1) is 0 Å². The number of hydrogen-bond acceptors (Lipinski definition) is 5. The maximum Gasteiger partial charge on any atom is 0.188 e. The van der Waals surface area contributed by atoms with Gasteiger partial charge in [-0.2, -0.15) is 0 Å². The minimum atomic E-state index is -1.28. The minimum absolute atomic E-state index is 0.529. The second-order valence-electron chi connectivity index (χ2n) is 2.12. The fourth-order valence-electron chi connectivity index (χ4n) is 0.802. The van der Waals surface area contributed by atoms with Gasteiger partial charge in [0.1, 0.15) is 0 Å². The highest BCUT2D eigenvalue weighted by molar-refractivity contribution is 8.14. The predicted octanol–water partition coefficient (Wildman–Crippen LogP) is 0.607. The van der Waals surface area contributed by atoms with Crippen LogP contribution in [0.25, 0.3) is 0 Å². The zero-order chi connectivity index (χ0) is 8.39. The third kappa shape index (κ3) is 1.72. The molecule has 12 heavy (non-hydrogen) atoms. The molecule has 1 atom stereocenters. The van der Waals surface area contributed by atoms with E-state index in [2.05, 4.69) is 19.9 Å². The number of nitrogens with zero attached hydrogens (tertiary/aromatic N) is 3. The summed E-state index contributed by atoms with van der Waals surface area (Å²) in [5.41, 5.74) is 0. The van der Waals surface area contributed by atoms with E-state index in [0.29, 0.717) is 5.82 Å². The monoisotopic (exact) mass is 202 g/mol. The van der Waals surface area contributed by atoms with Crippen molar-refractivity contribution >= 4 is 27.9 Å². The number of hydrogen-bond donors (Lipinski definition) is 1. The second kappa shape index (κ2) is 3.36. The lowest BCUT2D eigenvalue weighted by Gasteiger charge is -1.98. The maximum atomic E-state index is 10.7. The van der Waals surface area contributed by atoms with Crippen molar-refractivity contribution in [3.63, 3.8) is 0 Å². The first-order chi connectivity index (χ1) is 5.84. The summed E-state index contributed by atoms with van der Waals surface area (Å²) in [4.78, 5) is 4.15. The fraction of sp³-hybridized carbons (Fsp3) is 0.400. The van der Waals surface area contributed by atoms with Gasteiger partial charge in [0, 0.05) is 5.75 Å². The summed E-state index contributed by atoms with van der Waals surface area (Å²) >= 11 is 1.63. The zero-order valence-corrected chi connectivity index (χ0v) is 7.69. The van der Waals surface area contributed by atoms with Crippen LogP contribution < -0.4 is 5.32 Å². The normalized spacial score (nSPS) is 27.2. The quantitative estimate of drug-likeness (QED) is 0.677. The molecular weight excluding hydrogens is 196 g/mol. The van der Waals surface area contributed by atoms with Crippen LogP contribution in [-0.4, -0.2) is 21.7 Å². The molecule has 0 aliphatic carbocycles. The molecule has 0 amide bonds. The molecule has 1 unspecified atom stereocenters. The lowest BCUT2D eigenvalue weighted by Crippen LogP contribution is -2.15. The SMILES string of the molecule is O=S1C=C(NC2=NCCS2)N=N1. The second-order valence-corrected chi connectivity index (χ2v) is 4.16. The highest BCUT2D eigenvalue weighted by Gasteiger charge is 2.11. The molecule has 0 saturated heterocycles. The number of thioether (sulfide) groups is 1. The summed E-state index contributed by atoms with van der Waals surface area (Å²) in [5, 5.41) is 8.88. The van der Waals surface area contributed by atoms with Gasteiger partial charge in [0.15, 0.2) is 22.0 Å². The molecule has 2 aliphatic heterocycles. The predicted molar refractivity (Wildman–Crippen MR) is 49.0 cm³/mol. The van der Waals surface area contributed by atoms with Gasteiger partial charge >= 0.3 is 0 Å². The van der Waals surface area contributed by atoms with Crippen molar-refractivity contribution < 1.29 is 4.21 Å². The Morgan fingerprint density at radius 1 is 1.67 bits per heavy atom. The molecule has 0 aromatic carbocycles. The molecule has 0 spiro atoms. The first-order valence-electron chi connectivity index (χ1n) is 3.33. The van der Waals surface area contributed by atoms with Crippen LogP contribution in [0.15, 0.2) is 25.9 Å². The van der Waals surface area contributed by atoms with Gasteiger partial charge in [-0.1, -0.05) is 16.3 Å². The van der Waals surface area contributed by atoms with E-state index in [9.17, 15) is 4.21 Å². The molecule has 0 fully saturated rings. The Kier molecular flexibility index (Phi) is 2.22. The number of amidine groups is 1. The van der Waals surface area contributed by atoms with Crippen molar-refractivity contribution in [1.82, 2.24) is 5.32 Å². The molecule has 64 valence electrons. The largest absolute Gasteiger partial charge is 0.318 e. The Morgan fingerprint density at radius 3 is 3.17 bits per heavy atom. The lowest BCUT2D eigenvalue weighted by atomic mass is 10.8. The zero-order valence-electron chi connectivity index (χ0n) is 6.06. The minimum Gasteiger partial charge on any atom is -0.318 e. The third-order valence-electron chi connectivity index (χ3n) is 1.26. The van der Waals surface area contributed by atoms with Crippen LogP contribution in [0.1, 0.15) is 0 Å². The number of nitrogens with one attached hydrogen (secondary N) is 1. The molecule has 0 saturated carbocycles. The average molecular weight is 202 g/mol. The van der Waals surface area contributed by atoms with E-state index in [0.717, 1.165) is 17.5 Å². The Morgan fingerprint density at radius 2 is 2.58 bits per heavy atom. The highest BCUT2D eigenvalue weighted by Crippen LogP contribution is 2.13. The number of aliphatic imine (C=N–C) groups is 1. The molecule has 2 heterocycles. The maximum absolute atomic E-state index is 10.7. The van der Waals surface area contributed by atoms with Crippen molar-refractivity contribution in [3.05, 3.63) is 11.2 Å². The topological polar surface area (TPSA) is 66.2 Å². The van der Waals surface area contributed by atoms with Crippen LogP contribution >= 0.6 is 11.8 Å². The summed E-state index contributed by atoms with van der Waals surface area (Å²) < 4.78 is 14.2. The van der Waals surface area contributed by atoms with Gasteiger partial charge in [0.25, 0.3) is 0 Å². The Bertz CT molecular complexity index is 309. The van der Waals surface area contributed by atoms with Crippen molar-refractivity contribution in [2.45, 2.75) is 0 Å². The van der Waals surface area contributed by atoms with E-state index in [1.165, 1.54) is 5.41 Å². The Labute approximate surface area is 76.0 Å². The standard InChI is InChI=1S/C5H6N4OS2/c10-12-3-4(8-9-12)7-5-6-1-2-11-5/h3H,1-2H2,(H,6,7). The van der Waals surface area contributed by atoms with Crippen LogP contribution in [0.5, 0.6) is 0 Å². The van der Waals surface area contributed by atoms with Crippen LogP contribution in [0.2, 0.25) is 0 Å². The molecule has 0 radical (unpaired) electrons. The summed E-state index contributed by atoms with van der Waals surface area (Å²) in [7, 11) is -1.28. The Hall–Kier alpha value is -0.690. The van der Waals surface area contributed by atoms with Gasteiger partial charge in [-0.3, -0.25) is 4.99 Å². The summed E-state index contributed by atoms with van der Waals surface area (Å²) in [6.45, 7) is 0.834. The van der Waals surface area contributed by atoms with Gasteiger partial charge in [0.2, 0.25) is 0 Å². The summed E-state index contributed by atoms with van der Waals surface area (Å²) in [6, 6.07) is 0. The first-order valence-corrected chi connectivity index (χ1v) is 5.49. The lowest BCUT2D eigenvalue weighted by molar-refractivity contribution is 0.689. The van der Waals surface area contributed by atoms with Gasteiger partial charge < -0.3 is 5.32 Å². The van der Waals surface area contributed by atoms with Gasteiger partial charge in [-0.05, 0) is 0 Å². The van der Waals surface area contributed by atoms with Crippen molar-refractivity contribution in [2.75, 3.05) is 12.3 Å². The molecule has 0 aromatic heterocycles. The Balaban J connectivity index is 2.00. The van der Waals surface area contributed by atoms with Crippen LogP contribution in [-0.2, 0) is 11.0 Å².